The Morgan fingerprint density at radius 3 is 2.74 bits per heavy atom. The lowest BCUT2D eigenvalue weighted by molar-refractivity contribution is -0.132. The van der Waals surface area contributed by atoms with Crippen LogP contribution in [0.5, 0.6) is 0 Å². The predicted octanol–water partition coefficient (Wildman–Crippen LogP) is 2.75. The van der Waals surface area contributed by atoms with E-state index in [-0.39, 0.29) is 11.4 Å². The Hall–Kier alpha value is -1.55. The molecule has 1 aliphatic rings. The average Bonchev–Trinajstić information content (AvgIpc) is 2.76. The van der Waals surface area contributed by atoms with Crippen molar-refractivity contribution >= 4 is 23.2 Å². The molecule has 1 aromatic carbocycles. The Bertz CT molecular complexity index is 520. The van der Waals surface area contributed by atoms with Crippen LogP contribution in [0.25, 0.3) is 0 Å². The van der Waals surface area contributed by atoms with Gasteiger partial charge in [-0.1, -0.05) is 35.0 Å². The molecule has 102 valence electrons. The van der Waals surface area contributed by atoms with Gasteiger partial charge in [0, 0.05) is 22.5 Å². The van der Waals surface area contributed by atoms with Crippen molar-refractivity contribution in [2.24, 2.45) is 5.16 Å². The highest BCUT2D eigenvalue weighted by Crippen LogP contribution is 2.23. The molecule has 1 heterocycles. The third-order valence-electron chi connectivity index (χ3n) is 2.64. The molecule has 0 fully saturated rings. The molecule has 2 rings (SSSR count). The summed E-state index contributed by atoms with van der Waals surface area (Å²) in [6.45, 7) is 5.78. The van der Waals surface area contributed by atoms with E-state index >= 15 is 0 Å². The van der Waals surface area contributed by atoms with E-state index in [1.807, 2.05) is 39.0 Å². The van der Waals surface area contributed by atoms with Crippen LogP contribution in [0.15, 0.2) is 29.4 Å². The van der Waals surface area contributed by atoms with Crippen molar-refractivity contribution in [3.8, 4) is 0 Å². The Morgan fingerprint density at radius 2 is 2.11 bits per heavy atom. The van der Waals surface area contributed by atoms with E-state index in [9.17, 15) is 4.79 Å². The van der Waals surface area contributed by atoms with Crippen molar-refractivity contribution in [3.63, 3.8) is 0 Å². The molecular formula is C14H17ClN2O2. The maximum Gasteiger partial charge on any atom is 0.264 e. The van der Waals surface area contributed by atoms with Crippen molar-refractivity contribution in [3.05, 3.63) is 34.9 Å². The van der Waals surface area contributed by atoms with E-state index in [0.29, 0.717) is 17.2 Å². The molecule has 0 saturated heterocycles. The van der Waals surface area contributed by atoms with Gasteiger partial charge < -0.3 is 10.2 Å². The molecule has 4 nitrogen and oxygen atoms in total. The van der Waals surface area contributed by atoms with Crippen molar-refractivity contribution in [2.75, 3.05) is 0 Å². The highest BCUT2D eigenvalue weighted by atomic mass is 35.5. The van der Waals surface area contributed by atoms with Gasteiger partial charge in [-0.3, -0.25) is 4.79 Å². The summed E-state index contributed by atoms with van der Waals surface area (Å²) >= 11 is 6.10. The highest BCUT2D eigenvalue weighted by molar-refractivity contribution is 6.34. The zero-order valence-electron chi connectivity index (χ0n) is 11.2. The quantitative estimate of drug-likeness (QED) is 0.906. The van der Waals surface area contributed by atoms with Crippen LogP contribution in [-0.4, -0.2) is 23.3 Å². The summed E-state index contributed by atoms with van der Waals surface area (Å²) in [4.78, 5) is 17.2. The molecular weight excluding hydrogens is 264 g/mol. The molecule has 1 aromatic rings. The summed E-state index contributed by atoms with van der Waals surface area (Å²) in [6, 6.07) is 7.40. The smallest absolute Gasteiger partial charge is 0.264 e. The number of hydrogen-bond donors (Lipinski definition) is 1. The van der Waals surface area contributed by atoms with Crippen LogP contribution in [0, 0.1) is 0 Å². The first-order valence-corrected chi connectivity index (χ1v) is 6.54. The maximum atomic E-state index is 12.0. The van der Waals surface area contributed by atoms with Crippen molar-refractivity contribution in [1.82, 2.24) is 5.32 Å². The lowest BCUT2D eigenvalue weighted by Crippen LogP contribution is -2.45. The van der Waals surface area contributed by atoms with E-state index in [2.05, 4.69) is 10.5 Å². The van der Waals surface area contributed by atoms with Crippen LogP contribution in [0.3, 0.4) is 0 Å². The number of benzene rings is 1. The minimum atomic E-state index is -0.578. The Balaban J connectivity index is 2.04. The van der Waals surface area contributed by atoms with Crippen LogP contribution in [0.2, 0.25) is 5.02 Å². The molecule has 0 unspecified atom stereocenters. The maximum absolute atomic E-state index is 12.0. The molecule has 0 spiro atoms. The number of hydrogen-bond acceptors (Lipinski definition) is 3. The Labute approximate surface area is 117 Å². The SMILES string of the molecule is CC(C)(C)NC(=O)[C@H]1CC(c2ccccc2Cl)=NO1. The van der Waals surface area contributed by atoms with Crippen LogP contribution in [-0.2, 0) is 9.63 Å². The molecule has 1 N–H and O–H groups in total. The van der Waals surface area contributed by atoms with E-state index in [1.54, 1.807) is 6.07 Å². The zero-order chi connectivity index (χ0) is 14.0. The lowest BCUT2D eigenvalue weighted by Gasteiger charge is -2.22. The fourth-order valence-electron chi connectivity index (χ4n) is 1.82. The van der Waals surface area contributed by atoms with Gasteiger partial charge in [-0.15, -0.1) is 0 Å². The normalized spacial score (nSPS) is 18.7. The summed E-state index contributed by atoms with van der Waals surface area (Å²) in [6.07, 6.45) is -0.142. The summed E-state index contributed by atoms with van der Waals surface area (Å²) in [7, 11) is 0. The van der Waals surface area contributed by atoms with E-state index in [1.165, 1.54) is 0 Å². The van der Waals surface area contributed by atoms with Gasteiger partial charge in [0.25, 0.3) is 5.91 Å². The van der Waals surface area contributed by atoms with Gasteiger partial charge in [0.1, 0.15) is 0 Å². The fourth-order valence-corrected chi connectivity index (χ4v) is 2.07. The average molecular weight is 281 g/mol. The molecule has 0 saturated carbocycles. The highest BCUT2D eigenvalue weighted by Gasteiger charge is 2.31. The number of carbonyl (C=O) groups excluding carboxylic acids is 1. The van der Waals surface area contributed by atoms with Crippen molar-refractivity contribution < 1.29 is 9.63 Å². The third kappa shape index (κ3) is 3.47. The number of carbonyl (C=O) groups is 1. The number of oxime groups is 1. The lowest BCUT2D eigenvalue weighted by atomic mass is 10.0. The first-order chi connectivity index (χ1) is 8.87. The Kier molecular flexibility index (Phi) is 3.80. The van der Waals surface area contributed by atoms with E-state index < -0.39 is 6.10 Å². The third-order valence-corrected chi connectivity index (χ3v) is 2.97. The standard InChI is InChI=1S/C14H17ClN2O2/c1-14(2,3)16-13(18)12-8-11(17-19-12)9-6-4-5-7-10(9)15/h4-7,12H,8H2,1-3H3,(H,16,18)/t12-/m1/s1. The molecule has 1 amide bonds. The molecule has 1 aliphatic heterocycles. The largest absolute Gasteiger partial charge is 0.382 e. The monoisotopic (exact) mass is 280 g/mol. The molecule has 0 bridgehead atoms. The molecule has 0 radical (unpaired) electrons. The molecule has 0 aromatic heterocycles. The van der Waals surface area contributed by atoms with Gasteiger partial charge in [-0.2, -0.15) is 0 Å². The van der Waals surface area contributed by atoms with Gasteiger partial charge in [0.15, 0.2) is 0 Å². The van der Waals surface area contributed by atoms with Crippen LogP contribution in [0.4, 0.5) is 0 Å². The zero-order valence-corrected chi connectivity index (χ0v) is 12.0. The number of rotatable bonds is 2. The second-order valence-corrected chi connectivity index (χ2v) is 5.96. The van der Waals surface area contributed by atoms with E-state index in [0.717, 1.165) is 5.56 Å². The van der Waals surface area contributed by atoms with Crippen molar-refractivity contribution in [2.45, 2.75) is 38.8 Å². The van der Waals surface area contributed by atoms with E-state index in [4.69, 9.17) is 16.4 Å². The number of nitrogens with one attached hydrogen (secondary N) is 1. The van der Waals surface area contributed by atoms with Crippen LogP contribution in [0.1, 0.15) is 32.8 Å². The van der Waals surface area contributed by atoms with Gasteiger partial charge in [0.2, 0.25) is 6.10 Å². The van der Waals surface area contributed by atoms with Crippen molar-refractivity contribution in [1.29, 1.82) is 0 Å². The number of halogens is 1. The second kappa shape index (κ2) is 5.21. The fraction of sp³-hybridized carbons (Fsp3) is 0.429. The van der Waals surface area contributed by atoms with Gasteiger partial charge in [0.05, 0.1) is 5.71 Å². The molecule has 0 aliphatic carbocycles. The molecule has 19 heavy (non-hydrogen) atoms. The van der Waals surface area contributed by atoms with Crippen LogP contribution < -0.4 is 5.32 Å². The van der Waals surface area contributed by atoms with Crippen LogP contribution >= 0.6 is 11.6 Å². The molecule has 1 atom stereocenters. The predicted molar refractivity (Wildman–Crippen MR) is 75.4 cm³/mol. The molecule has 5 heteroatoms. The Morgan fingerprint density at radius 1 is 1.42 bits per heavy atom. The summed E-state index contributed by atoms with van der Waals surface area (Å²) < 4.78 is 0. The summed E-state index contributed by atoms with van der Waals surface area (Å²) in [5, 5.41) is 7.46. The first kappa shape index (κ1) is 13.9. The number of nitrogens with zero attached hydrogens (tertiary/aromatic N) is 1. The first-order valence-electron chi connectivity index (χ1n) is 6.16. The topological polar surface area (TPSA) is 50.7 Å². The summed E-state index contributed by atoms with van der Waals surface area (Å²) in [5.74, 6) is -0.154. The van der Waals surface area contributed by atoms with Gasteiger partial charge in [-0.25, -0.2) is 0 Å². The second-order valence-electron chi connectivity index (χ2n) is 5.56. The minimum absolute atomic E-state index is 0.154. The minimum Gasteiger partial charge on any atom is -0.382 e. The van der Waals surface area contributed by atoms with Gasteiger partial charge >= 0.3 is 0 Å². The summed E-state index contributed by atoms with van der Waals surface area (Å²) in [5.41, 5.74) is 1.24. The van der Waals surface area contributed by atoms with Gasteiger partial charge in [-0.05, 0) is 26.8 Å². The number of amides is 1.